The highest BCUT2D eigenvalue weighted by atomic mass is 35.5. The zero-order valence-corrected chi connectivity index (χ0v) is 13.2. The second-order valence-corrected chi connectivity index (χ2v) is 5.77. The Morgan fingerprint density at radius 2 is 2.25 bits per heavy atom. The first-order valence-electron chi connectivity index (χ1n) is 6.75. The Morgan fingerprint density at radius 1 is 1.55 bits per heavy atom. The van der Waals surface area contributed by atoms with E-state index in [-0.39, 0.29) is 11.9 Å². The predicted octanol–water partition coefficient (Wildman–Crippen LogP) is 0.244. The van der Waals surface area contributed by atoms with E-state index < -0.39 is 0 Å². The molecule has 0 saturated carbocycles. The summed E-state index contributed by atoms with van der Waals surface area (Å²) in [6, 6.07) is -0.148. The molecule has 20 heavy (non-hydrogen) atoms. The van der Waals surface area contributed by atoms with E-state index in [1.54, 1.807) is 23.7 Å². The van der Waals surface area contributed by atoms with E-state index in [0.717, 1.165) is 24.5 Å². The van der Waals surface area contributed by atoms with Gasteiger partial charge in [0.2, 0.25) is 5.91 Å². The maximum absolute atomic E-state index is 12.3. The van der Waals surface area contributed by atoms with Crippen LogP contribution in [0.15, 0.2) is 0 Å². The number of piperazine rings is 1. The van der Waals surface area contributed by atoms with Gasteiger partial charge in [-0.2, -0.15) is 5.10 Å². The summed E-state index contributed by atoms with van der Waals surface area (Å²) in [5.74, 6) is 0.118. The number of hydrogen-bond acceptors (Lipinski definition) is 4. The minimum absolute atomic E-state index is 0.118. The van der Waals surface area contributed by atoms with Crippen LogP contribution in [0.25, 0.3) is 0 Å². The van der Waals surface area contributed by atoms with Gasteiger partial charge in [-0.15, -0.1) is 0 Å². The number of carbonyl (C=O) groups excluding carboxylic acids is 1. The summed E-state index contributed by atoms with van der Waals surface area (Å²) in [5, 5.41) is 8.30. The Labute approximate surface area is 124 Å². The lowest BCUT2D eigenvalue weighted by Gasteiger charge is -2.36. The van der Waals surface area contributed by atoms with Gasteiger partial charge in [0.15, 0.2) is 0 Å². The van der Waals surface area contributed by atoms with Gasteiger partial charge in [-0.3, -0.25) is 14.4 Å². The van der Waals surface area contributed by atoms with Crippen molar-refractivity contribution in [1.82, 2.24) is 24.9 Å². The molecule has 6 nitrogen and oxygen atoms in total. The lowest BCUT2D eigenvalue weighted by atomic mass is 10.1. The maximum atomic E-state index is 12.3. The molecule has 1 fully saturated rings. The molecule has 2 rings (SSSR count). The van der Waals surface area contributed by atoms with Crippen molar-refractivity contribution in [3.05, 3.63) is 16.4 Å². The molecule has 1 amide bonds. The van der Waals surface area contributed by atoms with Gasteiger partial charge in [-0.1, -0.05) is 11.6 Å². The van der Waals surface area contributed by atoms with Crippen LogP contribution in [0, 0.1) is 6.92 Å². The Balaban J connectivity index is 2.19. The summed E-state index contributed by atoms with van der Waals surface area (Å²) in [6.45, 7) is 4.91. The SMILES string of the molecule is Cc1nn(C)c(CN2CCNCC2C(=O)N(C)C)c1Cl. The van der Waals surface area contributed by atoms with Crippen LogP contribution in [0.2, 0.25) is 5.02 Å². The monoisotopic (exact) mass is 299 g/mol. The molecule has 1 aromatic rings. The summed E-state index contributed by atoms with van der Waals surface area (Å²) in [5.41, 5.74) is 1.79. The van der Waals surface area contributed by atoms with Crippen LogP contribution >= 0.6 is 11.6 Å². The van der Waals surface area contributed by atoms with Crippen molar-refractivity contribution in [2.45, 2.75) is 19.5 Å². The minimum Gasteiger partial charge on any atom is -0.347 e. The minimum atomic E-state index is -0.148. The van der Waals surface area contributed by atoms with Gasteiger partial charge in [0.05, 0.1) is 16.4 Å². The summed E-state index contributed by atoms with van der Waals surface area (Å²) in [6.07, 6.45) is 0. The number of likely N-dealkylation sites (N-methyl/N-ethyl adjacent to an activating group) is 1. The lowest BCUT2D eigenvalue weighted by Crippen LogP contribution is -2.57. The number of amides is 1. The topological polar surface area (TPSA) is 53.4 Å². The number of hydrogen-bond donors (Lipinski definition) is 1. The highest BCUT2D eigenvalue weighted by molar-refractivity contribution is 6.31. The molecular formula is C13H22ClN5O. The van der Waals surface area contributed by atoms with E-state index in [2.05, 4.69) is 15.3 Å². The van der Waals surface area contributed by atoms with Crippen molar-refractivity contribution in [2.75, 3.05) is 33.7 Å². The molecule has 2 heterocycles. The second-order valence-electron chi connectivity index (χ2n) is 5.39. The molecule has 1 aromatic heterocycles. The first kappa shape index (κ1) is 15.3. The van der Waals surface area contributed by atoms with Crippen molar-refractivity contribution in [2.24, 2.45) is 7.05 Å². The average Bonchev–Trinajstić information content (AvgIpc) is 2.65. The van der Waals surface area contributed by atoms with Gasteiger partial charge in [0.25, 0.3) is 0 Å². The first-order chi connectivity index (χ1) is 9.41. The fourth-order valence-electron chi connectivity index (χ4n) is 2.52. The molecule has 0 spiro atoms. The first-order valence-corrected chi connectivity index (χ1v) is 7.13. The molecule has 0 radical (unpaired) electrons. The van der Waals surface area contributed by atoms with Crippen LogP contribution < -0.4 is 5.32 Å². The van der Waals surface area contributed by atoms with Crippen LogP contribution in [-0.4, -0.2) is 65.3 Å². The van der Waals surface area contributed by atoms with E-state index >= 15 is 0 Å². The smallest absolute Gasteiger partial charge is 0.240 e. The van der Waals surface area contributed by atoms with Gasteiger partial charge in [0.1, 0.15) is 6.04 Å². The van der Waals surface area contributed by atoms with Crippen molar-refractivity contribution in [3.63, 3.8) is 0 Å². The van der Waals surface area contributed by atoms with E-state index in [1.165, 1.54) is 0 Å². The summed E-state index contributed by atoms with van der Waals surface area (Å²) >= 11 is 6.30. The zero-order chi connectivity index (χ0) is 14.9. The fraction of sp³-hybridized carbons (Fsp3) is 0.692. The van der Waals surface area contributed by atoms with Crippen molar-refractivity contribution >= 4 is 17.5 Å². The molecule has 1 N–H and O–H groups in total. The number of aromatic nitrogens is 2. The van der Waals surface area contributed by atoms with E-state index in [1.807, 2.05) is 14.0 Å². The summed E-state index contributed by atoms with van der Waals surface area (Å²) < 4.78 is 1.80. The van der Waals surface area contributed by atoms with Crippen LogP contribution in [0.3, 0.4) is 0 Å². The molecule has 0 aromatic carbocycles. The maximum Gasteiger partial charge on any atom is 0.240 e. The zero-order valence-electron chi connectivity index (χ0n) is 12.5. The third kappa shape index (κ3) is 2.97. The molecule has 0 aliphatic carbocycles. The Kier molecular flexibility index (Phi) is 4.67. The largest absolute Gasteiger partial charge is 0.347 e. The lowest BCUT2D eigenvalue weighted by molar-refractivity contribution is -0.135. The van der Waals surface area contributed by atoms with Gasteiger partial charge in [0, 0.05) is 47.3 Å². The standard InChI is InChI=1S/C13H22ClN5O/c1-9-12(14)11(18(4)16-9)8-19-6-5-15-7-10(19)13(20)17(2)3/h10,15H,5-8H2,1-4H3. The third-order valence-electron chi connectivity index (χ3n) is 3.69. The van der Waals surface area contributed by atoms with Gasteiger partial charge in [-0.05, 0) is 6.92 Å². The predicted molar refractivity (Wildman–Crippen MR) is 78.7 cm³/mol. The number of rotatable bonds is 3. The number of carbonyl (C=O) groups is 1. The number of halogens is 1. The number of aryl methyl sites for hydroxylation is 2. The van der Waals surface area contributed by atoms with E-state index in [9.17, 15) is 4.79 Å². The normalized spacial score (nSPS) is 20.1. The Morgan fingerprint density at radius 3 is 2.80 bits per heavy atom. The Hall–Kier alpha value is -1.11. The molecule has 1 saturated heterocycles. The van der Waals surface area contributed by atoms with Gasteiger partial charge < -0.3 is 10.2 Å². The van der Waals surface area contributed by atoms with Gasteiger partial charge >= 0.3 is 0 Å². The highest BCUT2D eigenvalue weighted by Gasteiger charge is 2.30. The highest BCUT2D eigenvalue weighted by Crippen LogP contribution is 2.22. The van der Waals surface area contributed by atoms with Crippen LogP contribution in [0.1, 0.15) is 11.4 Å². The third-order valence-corrected chi connectivity index (χ3v) is 4.19. The molecule has 112 valence electrons. The molecule has 1 unspecified atom stereocenters. The van der Waals surface area contributed by atoms with Crippen LogP contribution in [-0.2, 0) is 18.4 Å². The molecule has 1 atom stereocenters. The van der Waals surface area contributed by atoms with E-state index in [0.29, 0.717) is 18.1 Å². The number of nitrogens with zero attached hydrogens (tertiary/aromatic N) is 4. The fourth-order valence-corrected chi connectivity index (χ4v) is 2.74. The average molecular weight is 300 g/mol. The molecular weight excluding hydrogens is 278 g/mol. The van der Waals surface area contributed by atoms with Gasteiger partial charge in [-0.25, -0.2) is 0 Å². The molecule has 0 bridgehead atoms. The number of nitrogens with one attached hydrogen (secondary N) is 1. The summed E-state index contributed by atoms with van der Waals surface area (Å²) in [7, 11) is 5.46. The molecule has 7 heteroatoms. The van der Waals surface area contributed by atoms with E-state index in [4.69, 9.17) is 11.6 Å². The van der Waals surface area contributed by atoms with Crippen molar-refractivity contribution < 1.29 is 4.79 Å². The van der Waals surface area contributed by atoms with Crippen LogP contribution in [0.5, 0.6) is 0 Å². The second kappa shape index (κ2) is 6.11. The van der Waals surface area contributed by atoms with Crippen molar-refractivity contribution in [1.29, 1.82) is 0 Å². The quantitative estimate of drug-likeness (QED) is 0.869. The molecule has 1 aliphatic rings. The Bertz CT molecular complexity index is 499. The molecule has 1 aliphatic heterocycles. The van der Waals surface area contributed by atoms with Crippen LogP contribution in [0.4, 0.5) is 0 Å². The van der Waals surface area contributed by atoms with Crippen molar-refractivity contribution in [3.8, 4) is 0 Å². The summed E-state index contributed by atoms with van der Waals surface area (Å²) in [4.78, 5) is 16.1.